The Hall–Kier alpha value is -0.380. The van der Waals surface area contributed by atoms with Gasteiger partial charge in [-0.05, 0) is 56.3 Å². The SMILES string of the molecule is CNC(CC1CCOCC1)c1ccc(Br)c(C)c1. The minimum absolute atomic E-state index is 0.458. The molecule has 18 heavy (non-hydrogen) atoms. The third-order valence-electron chi connectivity index (χ3n) is 3.84. The first-order valence-corrected chi connectivity index (χ1v) is 7.51. The van der Waals surface area contributed by atoms with Crippen LogP contribution in [-0.2, 0) is 4.74 Å². The van der Waals surface area contributed by atoms with Gasteiger partial charge in [-0.15, -0.1) is 0 Å². The molecule has 0 aliphatic carbocycles. The van der Waals surface area contributed by atoms with Gasteiger partial charge >= 0.3 is 0 Å². The standard InChI is InChI=1S/C15H22BrNO/c1-11-9-13(3-4-14(11)16)15(17-2)10-12-5-7-18-8-6-12/h3-4,9,12,15,17H,5-8,10H2,1-2H3. The molecule has 0 aromatic heterocycles. The third-order valence-corrected chi connectivity index (χ3v) is 4.73. The summed E-state index contributed by atoms with van der Waals surface area (Å²) in [7, 11) is 2.06. The maximum Gasteiger partial charge on any atom is 0.0468 e. The van der Waals surface area contributed by atoms with Crippen molar-refractivity contribution in [1.29, 1.82) is 0 Å². The lowest BCUT2D eigenvalue weighted by molar-refractivity contribution is 0.0608. The first-order valence-electron chi connectivity index (χ1n) is 6.71. The molecule has 1 aromatic rings. The molecule has 0 bridgehead atoms. The van der Waals surface area contributed by atoms with Gasteiger partial charge in [0.2, 0.25) is 0 Å². The first-order chi connectivity index (χ1) is 8.70. The second-order valence-electron chi connectivity index (χ2n) is 5.14. The first kappa shape index (κ1) is 14.0. The Kier molecular flexibility index (Phi) is 5.22. The van der Waals surface area contributed by atoms with Crippen LogP contribution in [0.1, 0.15) is 36.4 Å². The van der Waals surface area contributed by atoms with Gasteiger partial charge in [0, 0.05) is 23.7 Å². The fourth-order valence-corrected chi connectivity index (χ4v) is 2.87. The molecule has 1 aliphatic heterocycles. The van der Waals surface area contributed by atoms with Crippen molar-refractivity contribution in [1.82, 2.24) is 5.32 Å². The van der Waals surface area contributed by atoms with Crippen LogP contribution < -0.4 is 5.32 Å². The van der Waals surface area contributed by atoms with E-state index in [1.54, 1.807) is 0 Å². The van der Waals surface area contributed by atoms with Crippen molar-refractivity contribution in [2.24, 2.45) is 5.92 Å². The highest BCUT2D eigenvalue weighted by Gasteiger charge is 2.19. The molecule has 2 rings (SSSR count). The monoisotopic (exact) mass is 311 g/mol. The number of aryl methyl sites for hydroxylation is 1. The average molecular weight is 312 g/mol. The quantitative estimate of drug-likeness (QED) is 0.912. The topological polar surface area (TPSA) is 21.3 Å². The van der Waals surface area contributed by atoms with Crippen molar-refractivity contribution in [3.05, 3.63) is 33.8 Å². The van der Waals surface area contributed by atoms with Crippen molar-refractivity contribution < 1.29 is 4.74 Å². The minimum Gasteiger partial charge on any atom is -0.381 e. The summed E-state index contributed by atoms with van der Waals surface area (Å²) in [5, 5.41) is 3.46. The normalized spacial score (nSPS) is 18.8. The van der Waals surface area contributed by atoms with Gasteiger partial charge in [-0.1, -0.05) is 28.1 Å². The number of ether oxygens (including phenoxy) is 1. The Bertz CT molecular complexity index is 388. The van der Waals surface area contributed by atoms with Gasteiger partial charge in [-0.2, -0.15) is 0 Å². The number of benzene rings is 1. The highest BCUT2D eigenvalue weighted by Crippen LogP contribution is 2.29. The lowest BCUT2D eigenvalue weighted by Gasteiger charge is -2.27. The van der Waals surface area contributed by atoms with Gasteiger partial charge in [-0.25, -0.2) is 0 Å². The highest BCUT2D eigenvalue weighted by atomic mass is 79.9. The average Bonchev–Trinajstić information content (AvgIpc) is 2.40. The summed E-state index contributed by atoms with van der Waals surface area (Å²) in [5.74, 6) is 0.792. The molecule has 1 atom stereocenters. The third kappa shape index (κ3) is 3.56. The van der Waals surface area contributed by atoms with Crippen LogP contribution in [-0.4, -0.2) is 20.3 Å². The number of hydrogen-bond acceptors (Lipinski definition) is 2. The molecule has 1 aromatic carbocycles. The van der Waals surface area contributed by atoms with Crippen LogP contribution >= 0.6 is 15.9 Å². The van der Waals surface area contributed by atoms with Crippen LogP contribution in [0.5, 0.6) is 0 Å². The molecule has 1 fully saturated rings. The molecule has 1 heterocycles. The summed E-state index contributed by atoms with van der Waals surface area (Å²) in [6.45, 7) is 4.01. The molecule has 3 heteroatoms. The van der Waals surface area contributed by atoms with Crippen LogP contribution in [0, 0.1) is 12.8 Å². The Morgan fingerprint density at radius 3 is 2.72 bits per heavy atom. The summed E-state index contributed by atoms with van der Waals surface area (Å²) >= 11 is 3.56. The molecule has 0 amide bonds. The van der Waals surface area contributed by atoms with E-state index >= 15 is 0 Å². The Balaban J connectivity index is 2.04. The second-order valence-corrected chi connectivity index (χ2v) is 6.00. The molecule has 1 aliphatic rings. The van der Waals surface area contributed by atoms with Gasteiger partial charge in [0.15, 0.2) is 0 Å². The summed E-state index contributed by atoms with van der Waals surface area (Å²) in [5.41, 5.74) is 2.70. The molecule has 1 unspecified atom stereocenters. The minimum atomic E-state index is 0.458. The Morgan fingerprint density at radius 1 is 1.39 bits per heavy atom. The van der Waals surface area contributed by atoms with Crippen molar-refractivity contribution >= 4 is 15.9 Å². The predicted octanol–water partition coefficient (Wildman–Crippen LogP) is 3.83. The highest BCUT2D eigenvalue weighted by molar-refractivity contribution is 9.10. The van der Waals surface area contributed by atoms with E-state index in [9.17, 15) is 0 Å². The summed E-state index contributed by atoms with van der Waals surface area (Å²) in [6, 6.07) is 7.11. The van der Waals surface area contributed by atoms with Crippen LogP contribution in [0.3, 0.4) is 0 Å². The van der Waals surface area contributed by atoms with Crippen LogP contribution in [0.4, 0.5) is 0 Å². The van der Waals surface area contributed by atoms with E-state index < -0.39 is 0 Å². The second kappa shape index (κ2) is 6.69. The largest absolute Gasteiger partial charge is 0.381 e. The maximum atomic E-state index is 5.43. The van der Waals surface area contributed by atoms with Crippen LogP contribution in [0.2, 0.25) is 0 Å². The molecular formula is C15H22BrNO. The fraction of sp³-hybridized carbons (Fsp3) is 0.600. The van der Waals surface area contributed by atoms with Crippen molar-refractivity contribution in [3.63, 3.8) is 0 Å². The van der Waals surface area contributed by atoms with E-state index in [4.69, 9.17) is 4.74 Å². The smallest absolute Gasteiger partial charge is 0.0468 e. The van der Waals surface area contributed by atoms with E-state index in [1.165, 1.54) is 34.9 Å². The molecule has 0 saturated carbocycles. The van der Waals surface area contributed by atoms with E-state index in [0.29, 0.717) is 6.04 Å². The molecule has 100 valence electrons. The Labute approximate surface area is 118 Å². The maximum absolute atomic E-state index is 5.43. The zero-order chi connectivity index (χ0) is 13.0. The van der Waals surface area contributed by atoms with E-state index in [2.05, 4.69) is 53.4 Å². The molecule has 0 spiro atoms. The van der Waals surface area contributed by atoms with Gasteiger partial charge in [0.05, 0.1) is 0 Å². The van der Waals surface area contributed by atoms with Gasteiger partial charge in [0.1, 0.15) is 0 Å². The van der Waals surface area contributed by atoms with Crippen LogP contribution in [0.15, 0.2) is 22.7 Å². The van der Waals surface area contributed by atoms with Gasteiger partial charge in [0.25, 0.3) is 0 Å². The lowest BCUT2D eigenvalue weighted by atomic mass is 9.89. The van der Waals surface area contributed by atoms with Crippen LogP contribution in [0.25, 0.3) is 0 Å². The Morgan fingerprint density at radius 2 is 2.11 bits per heavy atom. The van der Waals surface area contributed by atoms with Crippen molar-refractivity contribution in [2.75, 3.05) is 20.3 Å². The molecule has 1 N–H and O–H groups in total. The number of hydrogen-bond donors (Lipinski definition) is 1. The fourth-order valence-electron chi connectivity index (χ4n) is 2.62. The number of rotatable bonds is 4. The van der Waals surface area contributed by atoms with Crippen molar-refractivity contribution in [3.8, 4) is 0 Å². The molecule has 1 saturated heterocycles. The predicted molar refractivity (Wildman–Crippen MR) is 78.8 cm³/mol. The summed E-state index contributed by atoms with van der Waals surface area (Å²) < 4.78 is 6.62. The van der Waals surface area contributed by atoms with E-state index in [-0.39, 0.29) is 0 Å². The molecule has 0 radical (unpaired) electrons. The van der Waals surface area contributed by atoms with Crippen molar-refractivity contribution in [2.45, 2.75) is 32.2 Å². The lowest BCUT2D eigenvalue weighted by Crippen LogP contribution is -2.24. The summed E-state index contributed by atoms with van der Waals surface area (Å²) in [6.07, 6.45) is 3.61. The van der Waals surface area contributed by atoms with E-state index in [0.717, 1.165) is 19.1 Å². The summed E-state index contributed by atoms with van der Waals surface area (Å²) in [4.78, 5) is 0. The molecular weight excluding hydrogens is 290 g/mol. The number of halogens is 1. The number of nitrogens with one attached hydrogen (secondary N) is 1. The van der Waals surface area contributed by atoms with E-state index in [1.807, 2.05) is 0 Å². The van der Waals surface area contributed by atoms with Gasteiger partial charge < -0.3 is 10.1 Å². The molecule has 2 nitrogen and oxygen atoms in total. The zero-order valence-electron chi connectivity index (χ0n) is 11.2. The zero-order valence-corrected chi connectivity index (χ0v) is 12.8. The van der Waals surface area contributed by atoms with Gasteiger partial charge in [-0.3, -0.25) is 0 Å².